The zero-order chi connectivity index (χ0) is 9.68. The van der Waals surface area contributed by atoms with Crippen LogP contribution in [0.3, 0.4) is 0 Å². The van der Waals surface area contributed by atoms with Crippen molar-refractivity contribution in [2.75, 3.05) is 6.61 Å². The molecule has 0 aliphatic heterocycles. The van der Waals surface area contributed by atoms with Gasteiger partial charge in [0.1, 0.15) is 12.4 Å². The molecule has 0 spiro atoms. The fourth-order valence-electron chi connectivity index (χ4n) is 0.908. The van der Waals surface area contributed by atoms with E-state index in [9.17, 15) is 0 Å². The van der Waals surface area contributed by atoms with E-state index >= 15 is 0 Å². The van der Waals surface area contributed by atoms with Crippen LogP contribution in [-0.4, -0.2) is 22.9 Å². The summed E-state index contributed by atoms with van der Waals surface area (Å²) in [4.78, 5) is 0. The lowest BCUT2D eigenvalue weighted by Gasteiger charge is -2.07. The minimum absolute atomic E-state index is 0.0384. The number of benzene rings is 1. The van der Waals surface area contributed by atoms with E-state index in [0.29, 0.717) is 12.4 Å². The Hall–Kier alpha value is -1.06. The average molecular weight is 182 g/mol. The van der Waals surface area contributed by atoms with E-state index in [2.05, 4.69) is 0 Å². The third kappa shape index (κ3) is 3.44. The Labute approximate surface area is 77.6 Å². The van der Waals surface area contributed by atoms with Crippen LogP contribution in [0, 0.1) is 0 Å². The van der Waals surface area contributed by atoms with E-state index in [1.165, 1.54) is 0 Å². The van der Waals surface area contributed by atoms with Crippen LogP contribution < -0.4 is 4.74 Å². The molecule has 0 amide bonds. The molecule has 1 atom stereocenters. The van der Waals surface area contributed by atoms with Gasteiger partial charge in [-0.15, -0.1) is 0 Å². The first-order valence-electron chi connectivity index (χ1n) is 4.23. The number of rotatable bonds is 4. The topological polar surface area (TPSA) is 49.7 Å². The van der Waals surface area contributed by atoms with Gasteiger partial charge in [-0.05, 0) is 24.6 Å². The maximum Gasteiger partial charge on any atom is 0.119 e. The molecular formula is C10H14O3. The van der Waals surface area contributed by atoms with Gasteiger partial charge in [-0.25, -0.2) is 0 Å². The minimum Gasteiger partial charge on any atom is -0.491 e. The number of hydrogen-bond donors (Lipinski definition) is 2. The Morgan fingerprint density at radius 1 is 1.31 bits per heavy atom. The predicted octanol–water partition coefficient (Wildman–Crippen LogP) is 0.938. The van der Waals surface area contributed by atoms with Crippen molar-refractivity contribution < 1.29 is 14.9 Å². The van der Waals surface area contributed by atoms with Crippen molar-refractivity contribution in [3.63, 3.8) is 0 Å². The first-order chi connectivity index (χ1) is 6.22. The SMILES string of the molecule is C[C@H](O)COc1ccc(CO)cc1. The predicted molar refractivity (Wildman–Crippen MR) is 49.5 cm³/mol. The maximum absolute atomic E-state index is 8.95. The molecule has 3 heteroatoms. The summed E-state index contributed by atoms with van der Waals surface area (Å²) in [5, 5.41) is 17.7. The highest BCUT2D eigenvalue weighted by Gasteiger charge is 1.97. The second-order valence-electron chi connectivity index (χ2n) is 2.96. The maximum atomic E-state index is 8.95. The Balaban J connectivity index is 2.49. The van der Waals surface area contributed by atoms with Crippen LogP contribution in [0.4, 0.5) is 0 Å². The van der Waals surface area contributed by atoms with E-state index in [0.717, 1.165) is 5.56 Å². The molecule has 0 saturated heterocycles. The molecule has 2 N–H and O–H groups in total. The molecule has 1 aromatic rings. The summed E-state index contributed by atoms with van der Waals surface area (Å²) in [5.41, 5.74) is 0.851. The Morgan fingerprint density at radius 3 is 2.38 bits per heavy atom. The normalized spacial score (nSPS) is 12.5. The fourth-order valence-corrected chi connectivity index (χ4v) is 0.908. The van der Waals surface area contributed by atoms with Crippen molar-refractivity contribution in [2.24, 2.45) is 0 Å². The molecule has 1 rings (SSSR count). The van der Waals surface area contributed by atoms with E-state index in [1.807, 2.05) is 0 Å². The van der Waals surface area contributed by atoms with Crippen LogP contribution in [0.15, 0.2) is 24.3 Å². The summed E-state index contributed by atoms with van der Waals surface area (Å²) in [5.74, 6) is 0.707. The zero-order valence-electron chi connectivity index (χ0n) is 7.60. The number of ether oxygens (including phenoxy) is 1. The van der Waals surface area contributed by atoms with Gasteiger partial charge in [0.15, 0.2) is 0 Å². The molecular weight excluding hydrogens is 168 g/mol. The second-order valence-corrected chi connectivity index (χ2v) is 2.96. The fraction of sp³-hybridized carbons (Fsp3) is 0.400. The van der Waals surface area contributed by atoms with Gasteiger partial charge >= 0.3 is 0 Å². The lowest BCUT2D eigenvalue weighted by molar-refractivity contribution is 0.122. The van der Waals surface area contributed by atoms with Gasteiger partial charge in [-0.1, -0.05) is 12.1 Å². The Kier molecular flexibility index (Phi) is 3.73. The molecule has 0 bridgehead atoms. The molecule has 1 aromatic carbocycles. The molecule has 0 aliphatic rings. The summed E-state index contributed by atoms with van der Waals surface area (Å²) in [7, 11) is 0. The summed E-state index contributed by atoms with van der Waals surface area (Å²) >= 11 is 0. The number of aliphatic hydroxyl groups is 2. The smallest absolute Gasteiger partial charge is 0.119 e. The van der Waals surface area contributed by atoms with Gasteiger partial charge in [0.05, 0.1) is 12.7 Å². The molecule has 13 heavy (non-hydrogen) atoms. The van der Waals surface area contributed by atoms with Crippen molar-refractivity contribution in [3.05, 3.63) is 29.8 Å². The molecule has 0 aliphatic carbocycles. The van der Waals surface area contributed by atoms with Gasteiger partial charge in [-0.3, -0.25) is 0 Å². The van der Waals surface area contributed by atoms with Gasteiger partial charge in [0.2, 0.25) is 0 Å². The van der Waals surface area contributed by atoms with E-state index < -0.39 is 6.10 Å². The first kappa shape index (κ1) is 10.0. The minimum atomic E-state index is -0.461. The highest BCUT2D eigenvalue weighted by Crippen LogP contribution is 2.12. The summed E-state index contributed by atoms with van der Waals surface area (Å²) < 4.78 is 5.24. The van der Waals surface area contributed by atoms with Gasteiger partial charge in [0, 0.05) is 0 Å². The summed E-state index contributed by atoms with van der Waals surface area (Å²) in [6.45, 7) is 2.00. The highest BCUT2D eigenvalue weighted by molar-refractivity contribution is 5.26. The molecule has 0 aromatic heterocycles. The van der Waals surface area contributed by atoms with Crippen molar-refractivity contribution in [2.45, 2.75) is 19.6 Å². The molecule has 0 unspecified atom stereocenters. The first-order valence-corrected chi connectivity index (χ1v) is 4.23. The molecule has 0 heterocycles. The van der Waals surface area contributed by atoms with E-state index in [-0.39, 0.29) is 6.61 Å². The lowest BCUT2D eigenvalue weighted by Crippen LogP contribution is -2.12. The third-order valence-corrected chi connectivity index (χ3v) is 1.60. The number of hydrogen-bond acceptors (Lipinski definition) is 3. The Morgan fingerprint density at radius 2 is 1.92 bits per heavy atom. The van der Waals surface area contributed by atoms with Gasteiger partial charge in [0.25, 0.3) is 0 Å². The Bertz CT molecular complexity index is 241. The van der Waals surface area contributed by atoms with Crippen LogP contribution in [-0.2, 0) is 6.61 Å². The summed E-state index contributed by atoms with van der Waals surface area (Å²) in [6, 6.07) is 7.12. The van der Waals surface area contributed by atoms with Crippen LogP contribution in [0.25, 0.3) is 0 Å². The zero-order valence-corrected chi connectivity index (χ0v) is 7.60. The molecule has 0 fully saturated rings. The lowest BCUT2D eigenvalue weighted by atomic mass is 10.2. The monoisotopic (exact) mass is 182 g/mol. The van der Waals surface area contributed by atoms with Crippen molar-refractivity contribution >= 4 is 0 Å². The standard InChI is InChI=1S/C10H14O3/c1-8(12)7-13-10-4-2-9(6-11)3-5-10/h2-5,8,11-12H,6-7H2,1H3/t8-/m0/s1. The molecule has 0 saturated carbocycles. The number of aliphatic hydroxyl groups excluding tert-OH is 2. The molecule has 72 valence electrons. The van der Waals surface area contributed by atoms with E-state index in [4.69, 9.17) is 14.9 Å². The van der Waals surface area contributed by atoms with Crippen molar-refractivity contribution in [1.29, 1.82) is 0 Å². The largest absolute Gasteiger partial charge is 0.491 e. The van der Waals surface area contributed by atoms with Crippen LogP contribution >= 0.6 is 0 Å². The van der Waals surface area contributed by atoms with Gasteiger partial charge in [-0.2, -0.15) is 0 Å². The third-order valence-electron chi connectivity index (χ3n) is 1.60. The molecule has 3 nitrogen and oxygen atoms in total. The van der Waals surface area contributed by atoms with Crippen LogP contribution in [0.2, 0.25) is 0 Å². The molecule has 0 radical (unpaired) electrons. The highest BCUT2D eigenvalue weighted by atomic mass is 16.5. The quantitative estimate of drug-likeness (QED) is 0.728. The van der Waals surface area contributed by atoms with Crippen molar-refractivity contribution in [1.82, 2.24) is 0 Å². The average Bonchev–Trinajstić information content (AvgIpc) is 2.15. The van der Waals surface area contributed by atoms with Gasteiger partial charge < -0.3 is 14.9 Å². The van der Waals surface area contributed by atoms with E-state index in [1.54, 1.807) is 31.2 Å². The van der Waals surface area contributed by atoms with Crippen LogP contribution in [0.1, 0.15) is 12.5 Å². The second kappa shape index (κ2) is 4.84. The van der Waals surface area contributed by atoms with Crippen LogP contribution in [0.5, 0.6) is 5.75 Å². The summed E-state index contributed by atoms with van der Waals surface area (Å²) in [6.07, 6.45) is -0.461. The van der Waals surface area contributed by atoms with Crippen molar-refractivity contribution in [3.8, 4) is 5.75 Å².